The van der Waals surface area contributed by atoms with E-state index < -0.39 is 94.9 Å². The van der Waals surface area contributed by atoms with Gasteiger partial charge in [-0.3, -0.25) is 19.2 Å². The summed E-state index contributed by atoms with van der Waals surface area (Å²) < 4.78 is 24.6. The molecule has 0 aliphatic heterocycles. The molecule has 9 N–H and O–H groups in total. The van der Waals surface area contributed by atoms with E-state index in [-0.39, 0.29) is 154 Å². The van der Waals surface area contributed by atoms with E-state index in [1.807, 2.05) is 0 Å². The molecule has 0 unspecified atom stereocenters. The minimum atomic E-state index is -4.09. The molecule has 178 valence electrons. The number of rotatable bonds is 10. The van der Waals surface area contributed by atoms with Gasteiger partial charge in [-0.1, -0.05) is 0 Å². The third-order valence-corrected chi connectivity index (χ3v) is 2.57. The van der Waals surface area contributed by atoms with E-state index in [0.29, 0.717) is 0 Å². The maximum absolute atomic E-state index is 10.3. The van der Waals surface area contributed by atoms with Crippen molar-refractivity contribution in [3.8, 4) is 0 Å². The zero-order chi connectivity index (χ0) is 24.9. The summed E-state index contributed by atoms with van der Waals surface area (Å²) in [7, 11) is 0. The van der Waals surface area contributed by atoms with Crippen LogP contribution in [0.15, 0.2) is 0 Å². The van der Waals surface area contributed by atoms with Crippen molar-refractivity contribution in [1.82, 2.24) is 0 Å². The van der Waals surface area contributed by atoms with Crippen molar-refractivity contribution < 1.29 is 78.4 Å². The van der Waals surface area contributed by atoms with Gasteiger partial charge >= 0.3 is 221 Å². The molecular weight excluding hydrogens is 742 g/mol. The number of carboxylic acids is 6. The Hall–Kier alpha value is 2.09. The van der Waals surface area contributed by atoms with Crippen molar-refractivity contribution in [2.45, 2.75) is 36.9 Å². The molecule has 0 heterocycles. The van der Waals surface area contributed by atoms with Gasteiger partial charge in [0, 0.05) is 0 Å². The molecule has 0 aromatic rings. The molecule has 0 spiro atoms. The van der Waals surface area contributed by atoms with E-state index in [0.717, 1.165) is 0 Å². The normalized spacial score (nSPS) is 9.30. The molecule has 0 amide bonds. The Morgan fingerprint density at radius 3 is 0.697 bits per heavy atom. The van der Waals surface area contributed by atoms with Crippen LogP contribution >= 0.6 is 0 Å². The molecule has 17 nitrogen and oxygen atoms in total. The third kappa shape index (κ3) is 30.2. The van der Waals surface area contributed by atoms with Crippen LogP contribution in [0.25, 0.3) is 0 Å². The summed E-state index contributed by atoms with van der Waals surface area (Å²) in [6, 6.07) is 0. The zero-order valence-corrected chi connectivity index (χ0v) is 18.0. The number of carboxylic acid groups (broad SMARTS) is 6. The Morgan fingerprint density at radius 2 is 0.636 bits per heavy atom. The molecule has 0 atom stereocenters. The van der Waals surface area contributed by atoms with Crippen LogP contribution in [0, 0.1) is 0 Å². The van der Waals surface area contributed by atoms with Crippen molar-refractivity contribution in [2.24, 2.45) is 0 Å². The van der Waals surface area contributed by atoms with E-state index in [1.165, 1.54) is 0 Å². The monoisotopic (exact) mass is 762 g/mol. The van der Waals surface area contributed by atoms with Gasteiger partial charge in [0.05, 0.1) is 25.7 Å². The van der Waals surface area contributed by atoms with E-state index in [9.17, 15) is 28.8 Å². The number of carbonyl (C=O) groups is 6. The topological polar surface area (TPSA) is 319 Å². The third-order valence-electron chi connectivity index (χ3n) is 2.57. The average Bonchev–Trinajstić information content (AvgIpc) is 2.43. The van der Waals surface area contributed by atoms with Gasteiger partial charge in [0.1, 0.15) is 0 Å². The molecule has 0 aromatic carbocycles. The first kappa shape index (κ1) is 48.2. The summed E-state index contributed by atoms with van der Waals surface area (Å²) in [6.45, 7) is 0. The van der Waals surface area contributed by atoms with Gasteiger partial charge in [0.15, 0.2) is 11.2 Å². The van der Waals surface area contributed by atoms with Gasteiger partial charge in [-0.05, 0) is 0 Å². The van der Waals surface area contributed by atoms with Gasteiger partial charge in [0.2, 0.25) is 0 Å². The quantitative estimate of drug-likeness (QED) is 0.0937. The Morgan fingerprint density at radius 1 is 0.515 bits per heavy atom. The molecule has 0 aliphatic rings. The van der Waals surface area contributed by atoms with Crippen LogP contribution in [0.3, 0.4) is 0 Å². The van der Waals surface area contributed by atoms with Crippen molar-refractivity contribution in [3.05, 3.63) is 0 Å². The van der Waals surface area contributed by atoms with Crippen molar-refractivity contribution >= 4 is 212 Å². The molecule has 0 saturated heterocycles. The molecule has 0 aliphatic carbocycles. The van der Waals surface area contributed by atoms with Crippen molar-refractivity contribution in [2.75, 3.05) is 0 Å². The fourth-order valence-electron chi connectivity index (χ4n) is 1.43. The Kier molecular flexibility index (Phi) is 35.7. The molecule has 0 rings (SSSR count). The second-order valence-electron chi connectivity index (χ2n) is 5.19. The molecule has 0 aromatic heterocycles. The average molecular weight is 763 g/mol. The molecule has 33 heavy (non-hydrogen) atoms. The molecule has 0 saturated carbocycles. The molecular formula is C12H20BiK3O17. The minimum absolute atomic E-state index is 0. The van der Waals surface area contributed by atoms with Gasteiger partial charge < -0.3 is 40.9 Å². The summed E-state index contributed by atoms with van der Waals surface area (Å²) in [5, 5.41) is 67.6. The Balaban J connectivity index is -0.0000000880. The summed E-state index contributed by atoms with van der Waals surface area (Å²) in [5.41, 5.74) is -5.48. The second-order valence-corrected chi connectivity index (χ2v) is 7.04. The standard InChI is InChI=1S/2C6H8O7.Bi.3K.H2O.2O.3H/c2*7-3(8)1-6(13,5(11)12)2-4(9)10;;;;;;;;;;/h2*13H,1-2H2,(H,7,8)(H,9,10)(H,11,12);;;;;1H2;;;;;/q;;+1;;;;;;;;;/p-1. The number of aliphatic carboxylic acids is 6. The van der Waals surface area contributed by atoms with E-state index in [2.05, 4.69) is 0 Å². The van der Waals surface area contributed by atoms with Gasteiger partial charge in [0.25, 0.3) is 0 Å². The summed E-state index contributed by atoms with van der Waals surface area (Å²) in [4.78, 5) is 61.0. The predicted molar refractivity (Wildman–Crippen MR) is 105 cm³/mol. The van der Waals surface area contributed by atoms with Crippen LogP contribution in [0.5, 0.6) is 0 Å². The van der Waals surface area contributed by atoms with Gasteiger partial charge in [-0.25, -0.2) is 9.59 Å². The van der Waals surface area contributed by atoms with E-state index in [4.69, 9.17) is 49.7 Å². The fraction of sp³-hybridized carbons (Fsp3) is 0.500. The zero-order valence-electron chi connectivity index (χ0n) is 14.6. The van der Waals surface area contributed by atoms with Crippen LogP contribution in [-0.2, 0) is 34.4 Å². The molecule has 21 heteroatoms. The first-order valence-corrected chi connectivity index (χ1v) is 11.3. The van der Waals surface area contributed by atoms with E-state index in [1.54, 1.807) is 0 Å². The molecule has 0 radical (unpaired) electrons. The van der Waals surface area contributed by atoms with Crippen LogP contribution < -0.4 is 0 Å². The van der Waals surface area contributed by atoms with Crippen LogP contribution in [0.4, 0.5) is 0 Å². The number of hydrogen-bond donors (Lipinski definition) is 9. The van der Waals surface area contributed by atoms with E-state index >= 15 is 0 Å². The first-order valence-electron chi connectivity index (χ1n) is 6.91. The SMILES string of the molecule is O=C(O)CC(O)(CC(=O)O)C(=O)O.O=C(O)CC(O)(CC(=O)O)C(=O)O.[KH].[KH].[KH].[O]=[Bi](=[O])[OH]. The molecule has 0 bridgehead atoms. The fourth-order valence-corrected chi connectivity index (χ4v) is 1.43. The Bertz CT molecular complexity index is 658. The van der Waals surface area contributed by atoms with Crippen molar-refractivity contribution in [3.63, 3.8) is 0 Å². The maximum atomic E-state index is 10.3. The number of aliphatic hydroxyl groups is 2. The molecule has 0 fully saturated rings. The van der Waals surface area contributed by atoms with Gasteiger partial charge in [-0.2, -0.15) is 0 Å². The first-order chi connectivity index (χ1) is 13.3. The van der Waals surface area contributed by atoms with Crippen LogP contribution in [0.2, 0.25) is 0 Å². The van der Waals surface area contributed by atoms with Crippen LogP contribution in [0.1, 0.15) is 25.7 Å². The van der Waals surface area contributed by atoms with Crippen molar-refractivity contribution in [1.29, 1.82) is 0 Å². The van der Waals surface area contributed by atoms with Gasteiger partial charge in [-0.15, -0.1) is 0 Å². The summed E-state index contributed by atoms with van der Waals surface area (Å²) >= 11 is -4.09. The summed E-state index contributed by atoms with van der Waals surface area (Å²) in [5.74, 6) is -10.0. The van der Waals surface area contributed by atoms with Crippen LogP contribution in [-0.4, -0.2) is 267 Å². The second kappa shape index (κ2) is 24.4. The predicted octanol–water partition coefficient (Wildman–Crippen LogP) is -5.62. The number of hydrogen-bond acceptors (Lipinski definition) is 10. The summed E-state index contributed by atoms with van der Waals surface area (Å²) in [6.07, 6.45) is -4.58. The Labute approximate surface area is 320 Å².